The fraction of sp³-hybridized carbons (Fsp3) is 0.460. The van der Waals surface area contributed by atoms with E-state index in [1.54, 1.807) is 13.8 Å². The Balaban J connectivity index is 1.60. The van der Waals surface area contributed by atoms with Crippen LogP contribution in [0.5, 0.6) is 17.2 Å². The van der Waals surface area contributed by atoms with Gasteiger partial charge in [-0.25, -0.2) is 4.79 Å². The predicted molar refractivity (Wildman–Crippen MR) is 281 cm³/mol. The summed E-state index contributed by atoms with van der Waals surface area (Å²) in [5, 5.41) is 77.3. The number of rotatable bonds is 28. The highest BCUT2D eigenvalue weighted by molar-refractivity contribution is 7.80. The van der Waals surface area contributed by atoms with Crippen LogP contribution < -0.4 is 43.0 Å². The fourth-order valence-corrected chi connectivity index (χ4v) is 8.41. The molecule has 414 valence electrons. The molecule has 0 bridgehead atoms. The molecule has 0 spiro atoms. The number of hydrogen-bond acceptors (Lipinski definition) is 17. The lowest BCUT2D eigenvalue weighted by Gasteiger charge is -2.31. The second-order valence-electron chi connectivity index (χ2n) is 18.5. The van der Waals surface area contributed by atoms with Crippen LogP contribution in [0.1, 0.15) is 49.8 Å². The molecule has 3 aromatic rings. The molecular weight excluding hydrogens is 1030 g/mol. The number of aliphatic hydroxyl groups is 2. The number of nitrogens with one attached hydrogen (secondary N) is 7. The zero-order valence-corrected chi connectivity index (χ0v) is 43.5. The van der Waals surface area contributed by atoms with Crippen LogP contribution in [0.2, 0.25) is 0 Å². The zero-order chi connectivity index (χ0) is 56.2. The van der Waals surface area contributed by atoms with Gasteiger partial charge in [-0.3, -0.25) is 38.4 Å². The van der Waals surface area contributed by atoms with Gasteiger partial charge >= 0.3 is 5.97 Å². The number of hydrogen-bond donors (Lipinski definition) is 16. The van der Waals surface area contributed by atoms with Crippen molar-refractivity contribution in [3.05, 3.63) is 89.5 Å². The molecule has 9 atom stereocenters. The Morgan fingerprint density at radius 2 is 0.908 bits per heavy atom. The number of benzene rings is 3. The average molecular weight is 1100 g/mol. The highest BCUT2D eigenvalue weighted by atomic mass is 32.1. The fourth-order valence-electron chi connectivity index (χ4n) is 7.99. The molecule has 3 aromatic carbocycles. The van der Waals surface area contributed by atoms with E-state index in [2.05, 4.69) is 62.5 Å². The van der Waals surface area contributed by atoms with E-state index in [0.29, 0.717) is 16.7 Å². The summed E-state index contributed by atoms with van der Waals surface area (Å²) in [6, 6.07) is 4.04. The Morgan fingerprint density at radius 1 is 0.539 bits per heavy atom. The number of phenols is 3. The van der Waals surface area contributed by atoms with Gasteiger partial charge in [0, 0.05) is 37.3 Å². The number of aromatic hydroxyl groups is 3. The van der Waals surface area contributed by atoms with E-state index in [9.17, 15) is 73.8 Å². The number of likely N-dealkylation sites (tertiary alicyclic amines) is 1. The normalized spacial score (nSPS) is 16.3. The summed E-state index contributed by atoms with van der Waals surface area (Å²) >= 11 is 8.00. The maximum absolute atomic E-state index is 14.7. The smallest absolute Gasteiger partial charge is 0.327 e. The Labute approximate surface area is 449 Å². The van der Waals surface area contributed by atoms with Crippen LogP contribution in [0.15, 0.2) is 72.8 Å². The van der Waals surface area contributed by atoms with Crippen molar-refractivity contribution >= 4 is 78.5 Å². The Bertz CT molecular complexity index is 2490. The molecule has 0 aromatic heterocycles. The summed E-state index contributed by atoms with van der Waals surface area (Å²) in [5.74, 6) is -9.34. The number of aliphatic carboxylic acids is 1. The third-order valence-corrected chi connectivity index (χ3v) is 12.9. The minimum Gasteiger partial charge on any atom is -0.508 e. The number of aliphatic hydroxyl groups excluding tert-OH is 2. The van der Waals surface area contributed by atoms with Crippen molar-refractivity contribution in [2.75, 3.05) is 31.3 Å². The summed E-state index contributed by atoms with van der Waals surface area (Å²) in [6.45, 7) is 1.61. The van der Waals surface area contributed by atoms with Gasteiger partial charge < -0.3 is 78.5 Å². The first-order valence-electron chi connectivity index (χ1n) is 24.3. The van der Waals surface area contributed by atoms with E-state index < -0.39 is 121 Å². The van der Waals surface area contributed by atoms with Crippen molar-refractivity contribution < 1.29 is 73.8 Å². The van der Waals surface area contributed by atoms with Crippen LogP contribution in [0.25, 0.3) is 0 Å². The van der Waals surface area contributed by atoms with Crippen molar-refractivity contribution in [1.29, 1.82) is 0 Å². The van der Waals surface area contributed by atoms with Crippen LogP contribution >= 0.6 is 25.3 Å². The molecule has 0 aliphatic carbocycles. The summed E-state index contributed by atoms with van der Waals surface area (Å²) in [4.78, 5) is 123. The summed E-state index contributed by atoms with van der Waals surface area (Å²) < 4.78 is 0. The third-order valence-electron chi connectivity index (χ3n) is 12.1. The van der Waals surface area contributed by atoms with E-state index in [4.69, 9.17) is 5.73 Å². The standard InChI is InChI=1S/C50H67N9O15S2/c1-26(2)18-34(52-42(65)33(51)24-75)43(66)56-38(22-60)46(69)53-35(19-27-5-11-30(62)12-6-27)44(67)55-37(21-29-9-15-32(64)16-10-29)49(72)59-17-3-4-41(59)48(71)57-39(23-61)47(70)54-36(20-28-7-13-31(63)14-8-28)45(68)58-40(25-76)50(73)74/h5-16,26,33-41,60-64,75-76H,3-4,17-25,51H2,1-2H3,(H,52,65)(H,53,69)(H,54,70)(H,55,67)(H,56,66)(H,57,71)(H,58,68)(H,73,74)/t33-,34-,35-,36-,37-,38-,39-,40-,41-/m0/s1. The Morgan fingerprint density at radius 3 is 1.32 bits per heavy atom. The minimum absolute atomic E-state index is 0.0238. The monoisotopic (exact) mass is 1100 g/mol. The third kappa shape index (κ3) is 18.6. The van der Waals surface area contributed by atoms with E-state index in [1.807, 2.05) is 0 Å². The molecule has 8 amide bonds. The quantitative estimate of drug-likeness (QED) is 0.0335. The molecule has 1 aliphatic rings. The molecule has 0 unspecified atom stereocenters. The molecule has 76 heavy (non-hydrogen) atoms. The highest BCUT2D eigenvalue weighted by Crippen LogP contribution is 2.22. The largest absolute Gasteiger partial charge is 0.508 e. The molecule has 4 rings (SSSR count). The summed E-state index contributed by atoms with van der Waals surface area (Å²) in [6.07, 6.45) is -0.263. The predicted octanol–water partition coefficient (Wildman–Crippen LogP) is -2.48. The number of nitrogens with zero attached hydrogens (tertiary/aromatic N) is 1. The lowest BCUT2D eigenvalue weighted by atomic mass is 10.0. The molecule has 15 N–H and O–H groups in total. The van der Waals surface area contributed by atoms with Crippen LogP contribution in [0.3, 0.4) is 0 Å². The molecule has 1 saturated heterocycles. The second-order valence-corrected chi connectivity index (χ2v) is 19.3. The van der Waals surface area contributed by atoms with Gasteiger partial charge in [0.05, 0.1) is 19.3 Å². The highest BCUT2D eigenvalue weighted by Gasteiger charge is 2.40. The van der Waals surface area contributed by atoms with Gasteiger partial charge in [0.25, 0.3) is 0 Å². The van der Waals surface area contributed by atoms with Gasteiger partial charge in [-0.15, -0.1) is 0 Å². The van der Waals surface area contributed by atoms with Gasteiger partial charge in [0.15, 0.2) is 0 Å². The van der Waals surface area contributed by atoms with E-state index in [1.165, 1.54) is 72.8 Å². The molecule has 1 fully saturated rings. The summed E-state index contributed by atoms with van der Waals surface area (Å²) in [7, 11) is 0. The Kier molecular flexibility index (Phi) is 24.1. The molecular formula is C50H67N9O15S2. The maximum atomic E-state index is 14.7. The van der Waals surface area contributed by atoms with Crippen molar-refractivity contribution in [2.24, 2.45) is 11.7 Å². The van der Waals surface area contributed by atoms with Gasteiger partial charge in [-0.1, -0.05) is 50.2 Å². The molecule has 1 aliphatic heterocycles. The van der Waals surface area contributed by atoms with Gasteiger partial charge in [0.1, 0.15) is 65.6 Å². The average Bonchev–Trinajstić information content (AvgIpc) is 3.89. The zero-order valence-electron chi connectivity index (χ0n) is 41.8. The van der Waals surface area contributed by atoms with Crippen molar-refractivity contribution in [3.8, 4) is 17.2 Å². The molecule has 26 heteroatoms. The Hall–Kier alpha value is -7.13. The van der Waals surface area contributed by atoms with Crippen LogP contribution in [-0.2, 0) is 62.4 Å². The van der Waals surface area contributed by atoms with Crippen LogP contribution in [-0.4, -0.2) is 174 Å². The second kappa shape index (κ2) is 29.8. The van der Waals surface area contributed by atoms with Crippen molar-refractivity contribution in [3.63, 3.8) is 0 Å². The van der Waals surface area contributed by atoms with Gasteiger partial charge in [0.2, 0.25) is 47.3 Å². The van der Waals surface area contributed by atoms with E-state index in [0.717, 1.165) is 4.90 Å². The minimum atomic E-state index is -1.71. The molecule has 0 radical (unpaired) electrons. The van der Waals surface area contributed by atoms with Crippen molar-refractivity contribution in [2.45, 2.75) is 107 Å². The first kappa shape index (κ1) is 61.4. The lowest BCUT2D eigenvalue weighted by molar-refractivity contribution is -0.143. The number of carboxylic acids is 1. The van der Waals surface area contributed by atoms with Crippen molar-refractivity contribution in [1.82, 2.24) is 42.1 Å². The first-order chi connectivity index (χ1) is 36.1. The number of amides is 8. The number of carboxylic acid groups (broad SMARTS) is 1. The summed E-state index contributed by atoms with van der Waals surface area (Å²) in [5.41, 5.74) is 7.09. The van der Waals surface area contributed by atoms with E-state index >= 15 is 0 Å². The van der Waals surface area contributed by atoms with Gasteiger partial charge in [-0.05, 0) is 78.3 Å². The number of carbonyl (C=O) groups is 9. The SMILES string of the molecule is CC(C)C[C@H](NC(=O)[C@@H](N)CS)C(=O)N[C@@H](CO)C(=O)N[C@@H](Cc1ccc(O)cc1)C(=O)N[C@@H](Cc1ccc(O)cc1)C(=O)N1CCC[C@H]1C(=O)N[C@@H](CO)C(=O)N[C@@H](Cc1ccc(O)cc1)C(=O)N[C@@H](CS)C(=O)O. The maximum Gasteiger partial charge on any atom is 0.327 e. The molecule has 0 saturated carbocycles. The van der Waals surface area contributed by atoms with Crippen LogP contribution in [0, 0.1) is 5.92 Å². The number of nitrogens with two attached hydrogens (primary N) is 1. The van der Waals surface area contributed by atoms with Crippen LogP contribution in [0.4, 0.5) is 0 Å². The lowest BCUT2D eigenvalue weighted by Crippen LogP contribution is -2.61. The topological polar surface area (TPSA) is 388 Å². The number of thiol groups is 2. The number of phenolic OH excluding ortho intramolecular Hbond substituents is 3. The first-order valence-corrected chi connectivity index (χ1v) is 25.5. The van der Waals surface area contributed by atoms with E-state index in [-0.39, 0.29) is 79.7 Å². The number of carbonyl (C=O) groups excluding carboxylic acids is 8. The molecule has 24 nitrogen and oxygen atoms in total. The molecule has 1 heterocycles. The van der Waals surface area contributed by atoms with Gasteiger partial charge in [-0.2, -0.15) is 25.3 Å².